The molecule has 3 aliphatic rings. The van der Waals surface area contributed by atoms with Gasteiger partial charge in [0.15, 0.2) is 0 Å². The standard InChI is InChI=1S/C13H14N2O/c16-10-3-1-2-9-11-8-4-6-15(7-5-8)13(11)14-12(9)10/h1-3,8,14,16H,4-7H2. The first-order valence-electron chi connectivity index (χ1n) is 5.93. The number of nitrogens with one attached hydrogen (secondary N) is 1. The lowest BCUT2D eigenvalue weighted by atomic mass is 9.84. The molecule has 4 heterocycles. The summed E-state index contributed by atoms with van der Waals surface area (Å²) in [5.41, 5.74) is 2.34. The van der Waals surface area contributed by atoms with Crippen molar-refractivity contribution in [2.45, 2.75) is 18.8 Å². The van der Waals surface area contributed by atoms with Gasteiger partial charge in [0.1, 0.15) is 11.6 Å². The van der Waals surface area contributed by atoms with Gasteiger partial charge in [-0.1, -0.05) is 12.1 Å². The summed E-state index contributed by atoms with van der Waals surface area (Å²) in [6.45, 7) is 2.32. The van der Waals surface area contributed by atoms with E-state index in [1.807, 2.05) is 6.07 Å². The topological polar surface area (TPSA) is 39.3 Å². The molecule has 2 aromatic rings. The number of piperidine rings is 1. The van der Waals surface area contributed by atoms with Crippen LogP contribution in [0.15, 0.2) is 18.2 Å². The molecule has 0 spiro atoms. The van der Waals surface area contributed by atoms with Gasteiger partial charge in [-0.05, 0) is 24.8 Å². The van der Waals surface area contributed by atoms with Crippen LogP contribution in [0.5, 0.6) is 5.75 Å². The number of benzene rings is 1. The number of H-pyrrole nitrogens is 1. The Morgan fingerprint density at radius 1 is 1.25 bits per heavy atom. The summed E-state index contributed by atoms with van der Waals surface area (Å²) < 4.78 is 0. The molecule has 3 nitrogen and oxygen atoms in total. The quantitative estimate of drug-likeness (QED) is 0.707. The second kappa shape index (κ2) is 2.73. The first-order chi connectivity index (χ1) is 7.84. The summed E-state index contributed by atoms with van der Waals surface area (Å²) in [7, 11) is 0. The maximum absolute atomic E-state index is 9.86. The zero-order chi connectivity index (χ0) is 10.7. The lowest BCUT2D eigenvalue weighted by molar-refractivity contribution is 0.474. The second-order valence-corrected chi connectivity index (χ2v) is 4.85. The smallest absolute Gasteiger partial charge is 0.139 e. The molecule has 1 aromatic carbocycles. The number of hydrogen-bond acceptors (Lipinski definition) is 2. The predicted molar refractivity (Wildman–Crippen MR) is 64.2 cm³/mol. The molecule has 0 saturated carbocycles. The van der Waals surface area contributed by atoms with Gasteiger partial charge in [0.05, 0.1) is 5.52 Å². The van der Waals surface area contributed by atoms with Crippen molar-refractivity contribution in [2.75, 3.05) is 18.0 Å². The first-order valence-corrected chi connectivity index (χ1v) is 5.93. The lowest BCUT2D eigenvalue weighted by Crippen LogP contribution is -2.38. The normalized spacial score (nSPS) is 19.4. The average molecular weight is 214 g/mol. The van der Waals surface area contributed by atoms with Crippen LogP contribution >= 0.6 is 0 Å². The van der Waals surface area contributed by atoms with Crippen LogP contribution < -0.4 is 4.90 Å². The van der Waals surface area contributed by atoms with Crippen LogP contribution in [-0.2, 0) is 0 Å². The molecule has 16 heavy (non-hydrogen) atoms. The Kier molecular flexibility index (Phi) is 1.45. The zero-order valence-corrected chi connectivity index (χ0v) is 9.03. The maximum atomic E-state index is 9.86. The van der Waals surface area contributed by atoms with Crippen molar-refractivity contribution in [3.63, 3.8) is 0 Å². The molecule has 1 fully saturated rings. The van der Waals surface area contributed by atoms with Crippen LogP contribution in [0, 0.1) is 0 Å². The molecule has 5 rings (SSSR count). The third-order valence-corrected chi connectivity index (χ3v) is 4.05. The van der Waals surface area contributed by atoms with Gasteiger partial charge in [0.2, 0.25) is 0 Å². The van der Waals surface area contributed by atoms with Gasteiger partial charge in [-0.2, -0.15) is 0 Å². The Bertz CT molecular complexity index is 565. The van der Waals surface area contributed by atoms with Crippen LogP contribution in [0.25, 0.3) is 10.9 Å². The number of aromatic hydroxyl groups is 1. The number of anilines is 1. The number of rotatable bonds is 0. The molecule has 0 aliphatic carbocycles. The Hall–Kier alpha value is -1.64. The molecule has 82 valence electrons. The maximum Gasteiger partial charge on any atom is 0.139 e. The highest BCUT2D eigenvalue weighted by Gasteiger charge is 2.34. The van der Waals surface area contributed by atoms with Crippen LogP contribution in [0.1, 0.15) is 24.3 Å². The van der Waals surface area contributed by atoms with E-state index in [1.54, 1.807) is 6.07 Å². The van der Waals surface area contributed by atoms with E-state index >= 15 is 0 Å². The molecule has 2 bridgehead atoms. The first kappa shape index (κ1) is 8.50. The second-order valence-electron chi connectivity index (χ2n) is 4.85. The summed E-state index contributed by atoms with van der Waals surface area (Å²) in [6, 6.07) is 5.80. The third-order valence-electron chi connectivity index (χ3n) is 4.05. The molecule has 1 aromatic heterocycles. The van der Waals surface area contributed by atoms with Crippen molar-refractivity contribution in [2.24, 2.45) is 0 Å². The summed E-state index contributed by atoms with van der Waals surface area (Å²) in [4.78, 5) is 5.80. The fourth-order valence-corrected chi connectivity index (χ4v) is 3.26. The number of phenolic OH excluding ortho intramolecular Hbond substituents is 1. The van der Waals surface area contributed by atoms with Crippen molar-refractivity contribution in [1.29, 1.82) is 0 Å². The SMILES string of the molecule is Oc1cccc2c3c([nH]c12)N1CCC3CC1. The van der Waals surface area contributed by atoms with E-state index in [2.05, 4.69) is 16.0 Å². The highest BCUT2D eigenvalue weighted by molar-refractivity contribution is 5.94. The van der Waals surface area contributed by atoms with E-state index in [9.17, 15) is 5.11 Å². The number of hydrogen-bond donors (Lipinski definition) is 2. The zero-order valence-electron chi connectivity index (χ0n) is 9.03. The third kappa shape index (κ3) is 0.889. The Balaban J connectivity index is 2.11. The predicted octanol–water partition coefficient (Wildman–Crippen LogP) is 2.57. The van der Waals surface area contributed by atoms with E-state index in [0.717, 1.165) is 18.6 Å². The molecular weight excluding hydrogens is 200 g/mol. The fraction of sp³-hybridized carbons (Fsp3) is 0.385. The minimum absolute atomic E-state index is 0.368. The van der Waals surface area contributed by atoms with Gasteiger partial charge in [-0.15, -0.1) is 0 Å². The molecule has 3 heteroatoms. The van der Waals surface area contributed by atoms with Crippen LogP contribution in [0.3, 0.4) is 0 Å². The fourth-order valence-electron chi connectivity index (χ4n) is 3.26. The lowest BCUT2D eigenvalue weighted by Gasteiger charge is -2.40. The number of aromatic amines is 1. The minimum atomic E-state index is 0.368. The van der Waals surface area contributed by atoms with Gasteiger partial charge in [0.25, 0.3) is 0 Å². The van der Waals surface area contributed by atoms with Gasteiger partial charge in [-0.25, -0.2) is 0 Å². The molecule has 3 aliphatic heterocycles. The van der Waals surface area contributed by atoms with Gasteiger partial charge >= 0.3 is 0 Å². The Morgan fingerprint density at radius 2 is 2.06 bits per heavy atom. The monoisotopic (exact) mass is 214 g/mol. The molecule has 2 N–H and O–H groups in total. The van der Waals surface area contributed by atoms with Gasteiger partial charge in [-0.3, -0.25) is 0 Å². The highest BCUT2D eigenvalue weighted by atomic mass is 16.3. The van der Waals surface area contributed by atoms with Crippen molar-refractivity contribution in [1.82, 2.24) is 4.98 Å². The number of aromatic nitrogens is 1. The molecule has 0 radical (unpaired) electrons. The molecule has 0 amide bonds. The number of para-hydroxylation sites is 1. The number of nitrogens with zero attached hydrogens (tertiary/aromatic N) is 1. The summed E-state index contributed by atoms with van der Waals surface area (Å²) in [5.74, 6) is 2.31. The van der Waals surface area contributed by atoms with Gasteiger partial charge in [0, 0.05) is 24.0 Å². The van der Waals surface area contributed by atoms with E-state index in [1.165, 1.54) is 29.6 Å². The number of phenols is 1. The summed E-state index contributed by atoms with van der Waals surface area (Å²) in [6.07, 6.45) is 2.52. The summed E-state index contributed by atoms with van der Waals surface area (Å²) in [5, 5.41) is 11.1. The molecule has 1 saturated heterocycles. The van der Waals surface area contributed by atoms with E-state index in [4.69, 9.17) is 0 Å². The van der Waals surface area contributed by atoms with Crippen LogP contribution in [0.4, 0.5) is 5.82 Å². The molecule has 0 unspecified atom stereocenters. The van der Waals surface area contributed by atoms with Crippen molar-refractivity contribution >= 4 is 16.7 Å². The Labute approximate surface area is 93.7 Å². The highest BCUT2D eigenvalue weighted by Crippen LogP contribution is 2.46. The largest absolute Gasteiger partial charge is 0.506 e. The van der Waals surface area contributed by atoms with Crippen molar-refractivity contribution in [3.05, 3.63) is 23.8 Å². The average Bonchev–Trinajstić information content (AvgIpc) is 2.74. The summed E-state index contributed by atoms with van der Waals surface area (Å²) >= 11 is 0. The van der Waals surface area contributed by atoms with E-state index in [0.29, 0.717) is 11.7 Å². The van der Waals surface area contributed by atoms with Gasteiger partial charge < -0.3 is 15.0 Å². The van der Waals surface area contributed by atoms with E-state index in [-0.39, 0.29) is 0 Å². The molecule has 0 atom stereocenters. The van der Waals surface area contributed by atoms with Crippen LogP contribution in [-0.4, -0.2) is 23.2 Å². The number of fused-ring (bicyclic) bond motifs is 3. The molecular formula is C13H14N2O. The van der Waals surface area contributed by atoms with Crippen molar-refractivity contribution in [3.8, 4) is 5.75 Å². The Morgan fingerprint density at radius 3 is 2.88 bits per heavy atom. The van der Waals surface area contributed by atoms with Crippen LogP contribution in [0.2, 0.25) is 0 Å². The minimum Gasteiger partial charge on any atom is -0.506 e. The van der Waals surface area contributed by atoms with E-state index < -0.39 is 0 Å². The van der Waals surface area contributed by atoms with Crippen molar-refractivity contribution < 1.29 is 5.11 Å².